The molecule has 11 aromatic rings. The van der Waals surface area contributed by atoms with Crippen LogP contribution in [-0.2, 0) is 6.54 Å². The number of rotatable bonds is 6. The van der Waals surface area contributed by atoms with Crippen LogP contribution < -0.4 is 0 Å². The molecule has 258 valence electrons. The molecule has 3 nitrogen and oxygen atoms in total. The minimum absolute atomic E-state index is 0.609. The molecule has 0 aliphatic rings. The summed E-state index contributed by atoms with van der Waals surface area (Å²) in [5.41, 5.74) is 12.8. The van der Waals surface area contributed by atoms with E-state index in [4.69, 9.17) is 5.10 Å². The third-order valence-electron chi connectivity index (χ3n) is 11.1. The van der Waals surface area contributed by atoms with E-state index >= 15 is 0 Å². The number of hydrogen-bond donors (Lipinski definition) is 0. The molecule has 55 heavy (non-hydrogen) atoms. The first-order valence-electron chi connectivity index (χ1n) is 18.9. The fourth-order valence-electron chi connectivity index (χ4n) is 8.62. The van der Waals surface area contributed by atoms with Crippen molar-refractivity contribution in [1.82, 2.24) is 14.3 Å². The molecule has 0 unspecified atom stereocenters. The first-order chi connectivity index (χ1) is 27.3. The van der Waals surface area contributed by atoms with Crippen LogP contribution in [-0.4, -0.2) is 14.3 Å². The maximum atomic E-state index is 5.42. The summed E-state index contributed by atoms with van der Waals surface area (Å²) in [6.45, 7) is 0.609. The van der Waals surface area contributed by atoms with Crippen LogP contribution in [0, 0.1) is 0 Å². The van der Waals surface area contributed by atoms with E-state index in [1.165, 1.54) is 76.9 Å². The van der Waals surface area contributed by atoms with Crippen LogP contribution >= 0.6 is 0 Å². The van der Waals surface area contributed by atoms with Gasteiger partial charge in [-0.3, -0.25) is 4.68 Å². The Hall–Kier alpha value is -7.23. The Morgan fingerprint density at radius 2 is 0.945 bits per heavy atom. The van der Waals surface area contributed by atoms with Gasteiger partial charge >= 0.3 is 0 Å². The largest absolute Gasteiger partial charge is 0.309 e. The molecular formula is C52H35N3. The Morgan fingerprint density at radius 3 is 1.65 bits per heavy atom. The van der Waals surface area contributed by atoms with Gasteiger partial charge in [0, 0.05) is 27.1 Å². The van der Waals surface area contributed by atoms with E-state index in [9.17, 15) is 0 Å². The number of aromatic nitrogens is 3. The van der Waals surface area contributed by atoms with Crippen molar-refractivity contribution in [2.75, 3.05) is 0 Å². The van der Waals surface area contributed by atoms with Gasteiger partial charge in [0.25, 0.3) is 0 Å². The van der Waals surface area contributed by atoms with E-state index < -0.39 is 0 Å². The molecule has 9 aromatic carbocycles. The van der Waals surface area contributed by atoms with E-state index in [1.54, 1.807) is 0 Å². The maximum Gasteiger partial charge on any atom is 0.0936 e. The first kappa shape index (κ1) is 31.3. The molecule has 11 rings (SSSR count). The van der Waals surface area contributed by atoms with Crippen molar-refractivity contribution in [3.63, 3.8) is 0 Å². The van der Waals surface area contributed by atoms with E-state index in [1.807, 2.05) is 0 Å². The van der Waals surface area contributed by atoms with Crippen LogP contribution in [0.5, 0.6) is 0 Å². The second-order valence-electron chi connectivity index (χ2n) is 14.4. The molecule has 0 aliphatic carbocycles. The lowest BCUT2D eigenvalue weighted by Crippen LogP contribution is -2.05. The van der Waals surface area contributed by atoms with Gasteiger partial charge in [-0.1, -0.05) is 158 Å². The monoisotopic (exact) mass is 701 g/mol. The summed E-state index contributed by atoms with van der Waals surface area (Å²) in [5, 5.41) is 14.0. The lowest BCUT2D eigenvalue weighted by Gasteiger charge is -2.16. The van der Waals surface area contributed by atoms with Crippen LogP contribution in [0.1, 0.15) is 5.56 Å². The fraction of sp³-hybridized carbons (Fsp3) is 0.0192. The Morgan fingerprint density at radius 1 is 0.382 bits per heavy atom. The molecule has 0 amide bonds. The standard InChI is InChI=1S/C52H35N3/c1-4-16-36(17-5-1)44-32-47-48(33-45(44)37-18-6-2-7-19-37)53-54(52(47)38-20-8-3-9-21-38)34-35-28-41-24-12-13-25-42(41)50(29-35)55-49-27-15-14-26-43(49)46-30-39-22-10-11-23-40(39)31-51(46)55/h1-33H,34H2. The van der Waals surface area contributed by atoms with E-state index in [0.717, 1.165) is 22.2 Å². The molecule has 0 bridgehead atoms. The van der Waals surface area contributed by atoms with Gasteiger partial charge in [-0.2, -0.15) is 5.10 Å². The zero-order chi connectivity index (χ0) is 36.3. The zero-order valence-electron chi connectivity index (χ0n) is 30.1. The zero-order valence-corrected chi connectivity index (χ0v) is 30.1. The SMILES string of the molecule is c1ccc(-c2cc3nn(Cc4cc(-n5c6ccccc6c6cc7ccccc7cc65)c5ccccc5c4)c(-c4ccccc4)c3cc2-c2ccccc2)cc1. The van der Waals surface area contributed by atoms with Crippen LogP contribution in [0.3, 0.4) is 0 Å². The maximum absolute atomic E-state index is 5.42. The van der Waals surface area contributed by atoms with Gasteiger partial charge in [-0.25, -0.2) is 0 Å². The highest BCUT2D eigenvalue weighted by Gasteiger charge is 2.20. The van der Waals surface area contributed by atoms with Crippen molar-refractivity contribution in [1.29, 1.82) is 0 Å². The van der Waals surface area contributed by atoms with Crippen molar-refractivity contribution < 1.29 is 0 Å². The third kappa shape index (κ3) is 5.24. The smallest absolute Gasteiger partial charge is 0.0936 e. The Kier molecular flexibility index (Phi) is 7.24. The molecule has 2 heterocycles. The predicted molar refractivity (Wildman–Crippen MR) is 231 cm³/mol. The number of benzene rings is 9. The third-order valence-corrected chi connectivity index (χ3v) is 11.1. The highest BCUT2D eigenvalue weighted by molar-refractivity contribution is 6.14. The van der Waals surface area contributed by atoms with Gasteiger partial charge in [-0.05, 0) is 86.4 Å². The van der Waals surface area contributed by atoms with Gasteiger partial charge in [0.15, 0.2) is 0 Å². The molecule has 0 saturated heterocycles. The van der Waals surface area contributed by atoms with Crippen LogP contribution in [0.4, 0.5) is 0 Å². The summed E-state index contributed by atoms with van der Waals surface area (Å²) in [6, 6.07) is 72.5. The second-order valence-corrected chi connectivity index (χ2v) is 14.4. The topological polar surface area (TPSA) is 22.8 Å². The minimum Gasteiger partial charge on any atom is -0.309 e. The predicted octanol–water partition coefficient (Wildman–Crippen LogP) is 13.5. The van der Waals surface area contributed by atoms with E-state index in [2.05, 4.69) is 209 Å². The lowest BCUT2D eigenvalue weighted by molar-refractivity contribution is 0.704. The summed E-state index contributed by atoms with van der Waals surface area (Å²) < 4.78 is 4.69. The molecule has 0 spiro atoms. The quantitative estimate of drug-likeness (QED) is 0.169. The van der Waals surface area contributed by atoms with Gasteiger partial charge in [0.05, 0.1) is 34.5 Å². The highest BCUT2D eigenvalue weighted by Crippen LogP contribution is 2.41. The van der Waals surface area contributed by atoms with Crippen LogP contribution in [0.15, 0.2) is 200 Å². The average Bonchev–Trinajstić information content (AvgIpc) is 3.77. The number of fused-ring (bicyclic) bond motifs is 6. The van der Waals surface area contributed by atoms with Gasteiger partial charge < -0.3 is 4.57 Å². The molecule has 0 radical (unpaired) electrons. The molecule has 0 saturated carbocycles. The van der Waals surface area contributed by atoms with Crippen LogP contribution in [0.25, 0.3) is 93.5 Å². The molecular weight excluding hydrogens is 667 g/mol. The fourth-order valence-corrected chi connectivity index (χ4v) is 8.62. The number of hydrogen-bond acceptors (Lipinski definition) is 1. The summed E-state index contributed by atoms with van der Waals surface area (Å²) in [6.07, 6.45) is 0. The Balaban J connectivity index is 1.15. The van der Waals surface area contributed by atoms with Gasteiger partial charge in [0.2, 0.25) is 0 Å². The Bertz CT molecular complexity index is 3210. The highest BCUT2D eigenvalue weighted by atomic mass is 15.3. The summed E-state index contributed by atoms with van der Waals surface area (Å²) in [5.74, 6) is 0. The minimum atomic E-state index is 0.609. The molecule has 3 heteroatoms. The summed E-state index contributed by atoms with van der Waals surface area (Å²) in [4.78, 5) is 0. The van der Waals surface area contributed by atoms with Crippen LogP contribution in [0.2, 0.25) is 0 Å². The average molecular weight is 702 g/mol. The number of nitrogens with zero attached hydrogens (tertiary/aromatic N) is 3. The summed E-state index contributed by atoms with van der Waals surface area (Å²) in [7, 11) is 0. The summed E-state index contributed by atoms with van der Waals surface area (Å²) >= 11 is 0. The van der Waals surface area contributed by atoms with Crippen molar-refractivity contribution in [2.24, 2.45) is 0 Å². The molecule has 2 aromatic heterocycles. The van der Waals surface area contributed by atoms with Crippen molar-refractivity contribution in [3.05, 3.63) is 206 Å². The number of para-hydroxylation sites is 1. The van der Waals surface area contributed by atoms with Gasteiger partial charge in [-0.15, -0.1) is 0 Å². The van der Waals surface area contributed by atoms with Crippen molar-refractivity contribution in [3.8, 4) is 39.2 Å². The Labute approximate surface area is 319 Å². The van der Waals surface area contributed by atoms with Crippen molar-refractivity contribution >= 4 is 54.3 Å². The molecule has 0 atom stereocenters. The van der Waals surface area contributed by atoms with Gasteiger partial charge in [0.1, 0.15) is 0 Å². The van der Waals surface area contributed by atoms with E-state index in [-0.39, 0.29) is 0 Å². The first-order valence-corrected chi connectivity index (χ1v) is 18.9. The molecule has 0 aliphatic heterocycles. The van der Waals surface area contributed by atoms with E-state index in [0.29, 0.717) is 6.54 Å². The lowest BCUT2D eigenvalue weighted by atomic mass is 9.92. The molecule has 0 fully saturated rings. The van der Waals surface area contributed by atoms with Crippen molar-refractivity contribution in [2.45, 2.75) is 6.54 Å². The second kappa shape index (κ2) is 12.7. The molecule has 0 N–H and O–H groups in total. The normalized spacial score (nSPS) is 11.7.